The molecule has 6 nitrogen and oxygen atoms in total. The van der Waals surface area contributed by atoms with E-state index in [0.29, 0.717) is 11.3 Å². The Balaban J connectivity index is 2.25. The van der Waals surface area contributed by atoms with Crippen LogP contribution in [0.25, 0.3) is 0 Å². The average Bonchev–Trinajstić information content (AvgIpc) is 2.73. The molecule has 0 spiro atoms. The fraction of sp³-hybridized carbons (Fsp3) is 0.462. The van der Waals surface area contributed by atoms with Crippen molar-refractivity contribution in [2.45, 2.75) is 31.3 Å². The van der Waals surface area contributed by atoms with Crippen LogP contribution in [0, 0.1) is 5.92 Å². The number of carbonyl (C=O) groups excluding carboxylic acids is 1. The molecular formula is C13H17ClN2O4S. The molecular weight excluding hydrogens is 316 g/mol. The van der Waals surface area contributed by atoms with E-state index < -0.39 is 16.1 Å². The predicted octanol–water partition coefficient (Wildman–Crippen LogP) is 1.13. The third kappa shape index (κ3) is 3.55. The number of hydrogen-bond acceptors (Lipinski definition) is 4. The quantitative estimate of drug-likeness (QED) is 0.753. The predicted molar refractivity (Wildman–Crippen MR) is 79.8 cm³/mol. The molecule has 1 heterocycles. The van der Waals surface area contributed by atoms with Crippen molar-refractivity contribution >= 4 is 33.2 Å². The van der Waals surface area contributed by atoms with Gasteiger partial charge in [-0.2, -0.15) is 0 Å². The van der Waals surface area contributed by atoms with Crippen LogP contribution in [0.3, 0.4) is 0 Å². The van der Waals surface area contributed by atoms with Crippen LogP contribution >= 0.6 is 11.6 Å². The van der Waals surface area contributed by atoms with Gasteiger partial charge in [-0.3, -0.25) is 4.79 Å². The van der Waals surface area contributed by atoms with Crippen LogP contribution in [0.1, 0.15) is 19.4 Å². The van der Waals surface area contributed by atoms with Gasteiger partial charge in [0, 0.05) is 12.2 Å². The summed E-state index contributed by atoms with van der Waals surface area (Å²) in [4.78, 5) is 11.2. The first-order valence-electron chi connectivity index (χ1n) is 6.50. The molecule has 1 aliphatic heterocycles. The zero-order valence-corrected chi connectivity index (χ0v) is 13.3. The number of fused-ring (bicyclic) bond motifs is 1. The number of rotatable bonds is 5. The van der Waals surface area contributed by atoms with Crippen LogP contribution < -0.4 is 10.0 Å². The Labute approximate surface area is 128 Å². The van der Waals surface area contributed by atoms with Crippen molar-refractivity contribution in [1.82, 2.24) is 4.72 Å². The minimum atomic E-state index is -3.84. The molecule has 1 amide bonds. The van der Waals surface area contributed by atoms with Crippen LogP contribution in [-0.2, 0) is 21.2 Å². The lowest BCUT2D eigenvalue weighted by molar-refractivity contribution is -0.115. The summed E-state index contributed by atoms with van der Waals surface area (Å²) in [5, 5.41) is 12.3. The van der Waals surface area contributed by atoms with E-state index in [2.05, 4.69) is 10.0 Å². The highest BCUT2D eigenvalue weighted by molar-refractivity contribution is 7.89. The fourth-order valence-electron chi connectivity index (χ4n) is 1.94. The highest BCUT2D eigenvalue weighted by atomic mass is 35.5. The van der Waals surface area contributed by atoms with Crippen molar-refractivity contribution in [2.24, 2.45) is 5.92 Å². The maximum atomic E-state index is 12.2. The second-order valence-corrected chi connectivity index (χ2v) is 7.47. The molecule has 1 aromatic carbocycles. The number of aliphatic hydroxyl groups excluding tert-OH is 1. The first-order chi connectivity index (χ1) is 9.70. The molecule has 0 bridgehead atoms. The van der Waals surface area contributed by atoms with Crippen molar-refractivity contribution < 1.29 is 18.3 Å². The van der Waals surface area contributed by atoms with Gasteiger partial charge in [0.05, 0.1) is 17.5 Å². The van der Waals surface area contributed by atoms with E-state index in [1.54, 1.807) is 13.8 Å². The van der Waals surface area contributed by atoms with Crippen molar-refractivity contribution in [1.29, 1.82) is 0 Å². The van der Waals surface area contributed by atoms with Crippen LogP contribution in [0.2, 0.25) is 5.02 Å². The van der Waals surface area contributed by atoms with Gasteiger partial charge in [-0.1, -0.05) is 25.4 Å². The molecule has 2 rings (SSSR count). The van der Waals surface area contributed by atoms with Gasteiger partial charge in [0.25, 0.3) is 0 Å². The van der Waals surface area contributed by atoms with Crippen molar-refractivity contribution in [3.05, 3.63) is 22.7 Å². The van der Waals surface area contributed by atoms with Crippen LogP contribution in [0.4, 0.5) is 5.69 Å². The largest absolute Gasteiger partial charge is 0.391 e. The molecule has 0 fully saturated rings. The third-order valence-electron chi connectivity index (χ3n) is 3.32. The van der Waals surface area contributed by atoms with Crippen LogP contribution in [0.5, 0.6) is 0 Å². The van der Waals surface area contributed by atoms with Crippen molar-refractivity contribution in [3.8, 4) is 0 Å². The number of anilines is 1. The van der Waals surface area contributed by atoms with E-state index in [4.69, 9.17) is 11.6 Å². The number of sulfonamides is 1. The monoisotopic (exact) mass is 332 g/mol. The zero-order chi connectivity index (χ0) is 15.8. The number of aliphatic hydroxyl groups is 1. The molecule has 1 aliphatic rings. The zero-order valence-electron chi connectivity index (χ0n) is 11.7. The average molecular weight is 333 g/mol. The van der Waals surface area contributed by atoms with Gasteiger partial charge in [0.2, 0.25) is 15.9 Å². The molecule has 1 unspecified atom stereocenters. The summed E-state index contributed by atoms with van der Waals surface area (Å²) < 4.78 is 26.8. The first-order valence-corrected chi connectivity index (χ1v) is 8.37. The van der Waals surface area contributed by atoms with Crippen molar-refractivity contribution in [3.63, 3.8) is 0 Å². The maximum Gasteiger partial charge on any atom is 0.242 e. The van der Waals surface area contributed by atoms with Gasteiger partial charge in [-0.15, -0.1) is 0 Å². The van der Waals surface area contributed by atoms with Gasteiger partial charge in [-0.05, 0) is 23.6 Å². The second kappa shape index (κ2) is 5.92. The van der Waals surface area contributed by atoms with E-state index in [1.807, 2.05) is 0 Å². The van der Waals surface area contributed by atoms with Crippen LogP contribution in [-0.4, -0.2) is 32.1 Å². The number of amides is 1. The first kappa shape index (κ1) is 16.2. The Kier molecular flexibility index (Phi) is 4.57. The van der Waals surface area contributed by atoms with E-state index in [1.165, 1.54) is 12.1 Å². The minimum Gasteiger partial charge on any atom is -0.391 e. The molecule has 8 heteroatoms. The standard InChI is InChI=1S/C13H17ClN2O4S/c1-7(2)11(17)6-15-21(19,20)12-3-8-4-13(18)16-10(8)5-9(12)14/h3,5,7,11,15,17H,4,6H2,1-2H3,(H,16,18). The third-order valence-corrected chi connectivity index (χ3v) is 5.21. The van der Waals surface area contributed by atoms with E-state index in [9.17, 15) is 18.3 Å². The smallest absolute Gasteiger partial charge is 0.242 e. The van der Waals surface area contributed by atoms with Crippen LogP contribution in [0.15, 0.2) is 17.0 Å². The van der Waals surface area contributed by atoms with E-state index in [0.717, 1.165) is 0 Å². The molecule has 0 saturated carbocycles. The highest BCUT2D eigenvalue weighted by Gasteiger charge is 2.25. The molecule has 0 aromatic heterocycles. The van der Waals surface area contributed by atoms with Gasteiger partial charge < -0.3 is 10.4 Å². The SMILES string of the molecule is CC(C)C(O)CNS(=O)(=O)c1cc2c(cc1Cl)NC(=O)C2. The molecule has 21 heavy (non-hydrogen) atoms. The summed E-state index contributed by atoms with van der Waals surface area (Å²) in [5.74, 6) is -0.260. The van der Waals surface area contributed by atoms with Crippen molar-refractivity contribution in [2.75, 3.05) is 11.9 Å². The maximum absolute atomic E-state index is 12.2. The molecule has 0 saturated heterocycles. The normalized spacial score (nSPS) is 16.0. The second-order valence-electron chi connectivity index (χ2n) is 5.33. The number of halogens is 1. The number of hydrogen-bond donors (Lipinski definition) is 3. The summed E-state index contributed by atoms with van der Waals surface area (Å²) in [7, 11) is -3.84. The topological polar surface area (TPSA) is 95.5 Å². The highest BCUT2D eigenvalue weighted by Crippen LogP contribution is 2.32. The molecule has 0 radical (unpaired) electrons. The summed E-state index contributed by atoms with van der Waals surface area (Å²) in [6.07, 6.45) is -0.653. The number of nitrogens with one attached hydrogen (secondary N) is 2. The molecule has 3 N–H and O–H groups in total. The Morgan fingerprint density at radius 3 is 2.71 bits per heavy atom. The Bertz CT molecular complexity index is 673. The number of carbonyl (C=O) groups is 1. The lowest BCUT2D eigenvalue weighted by atomic mass is 10.1. The lowest BCUT2D eigenvalue weighted by Gasteiger charge is -2.16. The summed E-state index contributed by atoms with van der Waals surface area (Å²) in [5.41, 5.74) is 1.13. The van der Waals surface area contributed by atoms with Gasteiger partial charge >= 0.3 is 0 Å². The Hall–Kier alpha value is -1.15. The van der Waals surface area contributed by atoms with E-state index in [-0.39, 0.29) is 34.7 Å². The molecule has 1 atom stereocenters. The molecule has 0 aliphatic carbocycles. The molecule has 1 aromatic rings. The molecule has 116 valence electrons. The van der Waals surface area contributed by atoms with Gasteiger partial charge in [0.15, 0.2) is 0 Å². The lowest BCUT2D eigenvalue weighted by Crippen LogP contribution is -2.34. The van der Waals surface area contributed by atoms with E-state index >= 15 is 0 Å². The Morgan fingerprint density at radius 2 is 2.10 bits per heavy atom. The number of benzene rings is 1. The summed E-state index contributed by atoms with van der Waals surface area (Å²) in [6, 6.07) is 2.81. The minimum absolute atomic E-state index is 0.0301. The summed E-state index contributed by atoms with van der Waals surface area (Å²) in [6.45, 7) is 3.49. The Morgan fingerprint density at radius 1 is 1.43 bits per heavy atom. The van der Waals surface area contributed by atoms with Gasteiger partial charge in [0.1, 0.15) is 4.90 Å². The summed E-state index contributed by atoms with van der Waals surface area (Å²) >= 11 is 5.99. The fourth-order valence-corrected chi connectivity index (χ4v) is 3.57. The van der Waals surface area contributed by atoms with Gasteiger partial charge in [-0.25, -0.2) is 13.1 Å².